The molecule has 0 aliphatic carbocycles. The van der Waals surface area contributed by atoms with Gasteiger partial charge in [-0.15, -0.1) is 0 Å². The Morgan fingerprint density at radius 1 is 1.39 bits per heavy atom. The second kappa shape index (κ2) is 6.62. The van der Waals surface area contributed by atoms with Crippen LogP contribution in [-0.2, 0) is 4.79 Å². The SMILES string of the molecule is CC(NCC(=O)N1CCNC1=O)c1ccccc1-n1cccn1. The van der Waals surface area contributed by atoms with Crippen LogP contribution in [-0.4, -0.2) is 46.3 Å². The zero-order valence-electron chi connectivity index (χ0n) is 12.9. The minimum absolute atomic E-state index is 0.0509. The van der Waals surface area contributed by atoms with Crippen LogP contribution in [0.25, 0.3) is 5.69 Å². The number of hydrogen-bond acceptors (Lipinski definition) is 4. The molecule has 2 aromatic rings. The Morgan fingerprint density at radius 2 is 2.22 bits per heavy atom. The lowest BCUT2D eigenvalue weighted by Crippen LogP contribution is -2.40. The van der Waals surface area contributed by atoms with Crippen LogP contribution >= 0.6 is 0 Å². The predicted molar refractivity (Wildman–Crippen MR) is 85.1 cm³/mol. The summed E-state index contributed by atoms with van der Waals surface area (Å²) in [6, 6.07) is 9.39. The summed E-state index contributed by atoms with van der Waals surface area (Å²) in [5, 5.41) is 10.1. The molecule has 7 heteroatoms. The van der Waals surface area contributed by atoms with Gasteiger partial charge in [0.05, 0.1) is 12.2 Å². The minimum Gasteiger partial charge on any atom is -0.336 e. The van der Waals surface area contributed by atoms with Crippen molar-refractivity contribution in [2.24, 2.45) is 0 Å². The first-order valence-electron chi connectivity index (χ1n) is 7.57. The Hall–Kier alpha value is -2.67. The molecule has 0 bridgehead atoms. The molecule has 1 fully saturated rings. The summed E-state index contributed by atoms with van der Waals surface area (Å²) in [7, 11) is 0. The topological polar surface area (TPSA) is 79.3 Å². The van der Waals surface area contributed by atoms with Crippen molar-refractivity contribution in [2.75, 3.05) is 19.6 Å². The van der Waals surface area contributed by atoms with Crippen LogP contribution in [0, 0.1) is 0 Å². The number of imide groups is 1. The van der Waals surface area contributed by atoms with Crippen molar-refractivity contribution < 1.29 is 9.59 Å². The molecule has 2 N–H and O–H groups in total. The van der Waals surface area contributed by atoms with Crippen LogP contribution in [0.15, 0.2) is 42.7 Å². The van der Waals surface area contributed by atoms with E-state index in [1.807, 2.05) is 43.5 Å². The second-order valence-corrected chi connectivity index (χ2v) is 5.39. The average molecular weight is 313 g/mol. The van der Waals surface area contributed by atoms with Gasteiger partial charge >= 0.3 is 6.03 Å². The van der Waals surface area contributed by atoms with Crippen LogP contribution in [0.2, 0.25) is 0 Å². The number of urea groups is 1. The maximum atomic E-state index is 12.1. The van der Waals surface area contributed by atoms with Gasteiger partial charge in [0.25, 0.3) is 0 Å². The van der Waals surface area contributed by atoms with Gasteiger partial charge in [-0.2, -0.15) is 5.10 Å². The zero-order chi connectivity index (χ0) is 16.2. The van der Waals surface area contributed by atoms with Crippen molar-refractivity contribution in [3.8, 4) is 5.69 Å². The van der Waals surface area contributed by atoms with Crippen molar-refractivity contribution >= 4 is 11.9 Å². The molecule has 2 heterocycles. The molecule has 1 unspecified atom stereocenters. The van der Waals surface area contributed by atoms with E-state index in [1.165, 1.54) is 4.90 Å². The number of aromatic nitrogens is 2. The lowest BCUT2D eigenvalue weighted by Gasteiger charge is -2.19. The molecule has 7 nitrogen and oxygen atoms in total. The third-order valence-electron chi connectivity index (χ3n) is 3.87. The molecule has 1 atom stereocenters. The fourth-order valence-electron chi connectivity index (χ4n) is 2.63. The minimum atomic E-state index is -0.318. The van der Waals surface area contributed by atoms with Gasteiger partial charge in [-0.3, -0.25) is 9.69 Å². The first kappa shape index (κ1) is 15.2. The number of hydrogen-bond donors (Lipinski definition) is 2. The number of rotatable bonds is 5. The molecule has 0 saturated carbocycles. The highest BCUT2D eigenvalue weighted by Crippen LogP contribution is 2.20. The van der Waals surface area contributed by atoms with Crippen LogP contribution < -0.4 is 10.6 Å². The zero-order valence-corrected chi connectivity index (χ0v) is 12.9. The lowest BCUT2D eigenvalue weighted by atomic mass is 10.1. The van der Waals surface area contributed by atoms with E-state index in [-0.39, 0.29) is 24.5 Å². The van der Waals surface area contributed by atoms with Crippen molar-refractivity contribution in [1.82, 2.24) is 25.3 Å². The number of carbonyl (C=O) groups is 2. The van der Waals surface area contributed by atoms with Gasteiger partial charge in [-0.05, 0) is 24.6 Å². The molecule has 23 heavy (non-hydrogen) atoms. The normalized spacial score (nSPS) is 15.5. The number of nitrogens with zero attached hydrogens (tertiary/aromatic N) is 3. The molecule has 120 valence electrons. The lowest BCUT2D eigenvalue weighted by molar-refractivity contribution is -0.126. The summed E-state index contributed by atoms with van der Waals surface area (Å²) < 4.78 is 1.79. The Labute approximate surface area is 134 Å². The molecule has 1 aromatic heterocycles. The maximum absolute atomic E-state index is 12.1. The fourth-order valence-corrected chi connectivity index (χ4v) is 2.63. The summed E-state index contributed by atoms with van der Waals surface area (Å²) in [4.78, 5) is 24.8. The van der Waals surface area contributed by atoms with E-state index in [0.717, 1.165) is 11.3 Å². The van der Waals surface area contributed by atoms with Crippen LogP contribution in [0.3, 0.4) is 0 Å². The molecular formula is C16H19N5O2. The van der Waals surface area contributed by atoms with Crippen LogP contribution in [0.4, 0.5) is 4.79 Å². The highest BCUT2D eigenvalue weighted by Gasteiger charge is 2.26. The first-order chi connectivity index (χ1) is 11.2. The summed E-state index contributed by atoms with van der Waals surface area (Å²) in [6.45, 7) is 3.04. The van der Waals surface area contributed by atoms with Crippen molar-refractivity contribution in [3.63, 3.8) is 0 Å². The van der Waals surface area contributed by atoms with Gasteiger partial charge in [-0.1, -0.05) is 18.2 Å². The van der Waals surface area contributed by atoms with E-state index in [0.29, 0.717) is 13.1 Å². The number of benzene rings is 1. The summed E-state index contributed by atoms with van der Waals surface area (Å²) in [5.41, 5.74) is 2.00. The molecular weight excluding hydrogens is 294 g/mol. The molecule has 3 rings (SSSR count). The fraction of sp³-hybridized carbons (Fsp3) is 0.312. The summed E-state index contributed by atoms with van der Waals surface area (Å²) >= 11 is 0. The number of amides is 3. The maximum Gasteiger partial charge on any atom is 0.324 e. The Balaban J connectivity index is 1.68. The van der Waals surface area contributed by atoms with Crippen LogP contribution in [0.1, 0.15) is 18.5 Å². The molecule has 1 aromatic carbocycles. The van der Waals surface area contributed by atoms with Gasteiger partial charge in [0.2, 0.25) is 5.91 Å². The van der Waals surface area contributed by atoms with Gasteiger partial charge < -0.3 is 10.6 Å². The molecule has 1 aliphatic rings. The average Bonchev–Trinajstić information content (AvgIpc) is 3.23. The van der Waals surface area contributed by atoms with Crippen molar-refractivity contribution in [3.05, 3.63) is 48.3 Å². The molecule has 0 radical (unpaired) electrons. The third-order valence-corrected chi connectivity index (χ3v) is 3.87. The van der Waals surface area contributed by atoms with E-state index < -0.39 is 0 Å². The summed E-state index contributed by atoms with van der Waals surface area (Å²) in [6.07, 6.45) is 3.61. The molecule has 1 saturated heterocycles. The van der Waals surface area contributed by atoms with Crippen molar-refractivity contribution in [1.29, 1.82) is 0 Å². The largest absolute Gasteiger partial charge is 0.336 e. The summed E-state index contributed by atoms with van der Waals surface area (Å²) in [5.74, 6) is -0.219. The smallest absolute Gasteiger partial charge is 0.324 e. The van der Waals surface area contributed by atoms with E-state index >= 15 is 0 Å². The predicted octanol–water partition coefficient (Wildman–Crippen LogP) is 1.07. The van der Waals surface area contributed by atoms with Gasteiger partial charge in [0, 0.05) is 31.5 Å². The van der Waals surface area contributed by atoms with E-state index in [4.69, 9.17) is 0 Å². The van der Waals surface area contributed by atoms with Gasteiger partial charge in [0.15, 0.2) is 0 Å². The number of nitrogens with one attached hydrogen (secondary N) is 2. The van der Waals surface area contributed by atoms with Gasteiger partial charge in [-0.25, -0.2) is 9.48 Å². The van der Waals surface area contributed by atoms with E-state index in [9.17, 15) is 9.59 Å². The Kier molecular flexibility index (Phi) is 4.38. The molecule has 3 amide bonds. The quantitative estimate of drug-likeness (QED) is 0.865. The standard InChI is InChI=1S/C16H19N5O2/c1-12(18-11-15(22)20-10-8-17-16(20)23)13-5-2-3-6-14(13)21-9-4-7-19-21/h2-7,9,12,18H,8,10-11H2,1H3,(H,17,23). The third kappa shape index (κ3) is 3.24. The van der Waals surface area contributed by atoms with E-state index in [2.05, 4.69) is 15.7 Å². The Morgan fingerprint density at radius 3 is 2.91 bits per heavy atom. The monoisotopic (exact) mass is 313 g/mol. The molecule has 1 aliphatic heterocycles. The van der Waals surface area contributed by atoms with E-state index in [1.54, 1.807) is 10.9 Å². The second-order valence-electron chi connectivity index (χ2n) is 5.39. The van der Waals surface area contributed by atoms with Crippen molar-refractivity contribution in [2.45, 2.75) is 13.0 Å². The first-order valence-corrected chi connectivity index (χ1v) is 7.57. The number of para-hydroxylation sites is 1. The van der Waals surface area contributed by atoms with Crippen LogP contribution in [0.5, 0.6) is 0 Å². The van der Waals surface area contributed by atoms with Gasteiger partial charge in [0.1, 0.15) is 0 Å². The molecule has 0 spiro atoms. The Bertz CT molecular complexity index is 698. The highest BCUT2D eigenvalue weighted by atomic mass is 16.2. The highest BCUT2D eigenvalue weighted by molar-refractivity contribution is 5.96. The number of carbonyl (C=O) groups excluding carboxylic acids is 2.